The third-order valence-electron chi connectivity index (χ3n) is 2.47. The third-order valence-corrected chi connectivity index (χ3v) is 2.47. The summed E-state index contributed by atoms with van der Waals surface area (Å²) in [6.45, 7) is 0. The summed E-state index contributed by atoms with van der Waals surface area (Å²) < 4.78 is 26.0. The number of nitrogens with one attached hydrogen (secondary N) is 2. The monoisotopic (exact) mass is 274 g/mol. The van der Waals surface area contributed by atoms with Crippen LogP contribution in [0.5, 0.6) is 0 Å². The van der Waals surface area contributed by atoms with E-state index in [4.69, 9.17) is 0 Å². The van der Waals surface area contributed by atoms with E-state index in [1.54, 1.807) is 6.08 Å². The molecule has 0 saturated carbocycles. The number of carbonyl (C=O) groups is 1. The van der Waals surface area contributed by atoms with Crippen molar-refractivity contribution in [2.75, 3.05) is 5.32 Å². The van der Waals surface area contributed by atoms with Crippen LogP contribution in [-0.2, 0) is 0 Å². The number of halogens is 2. The van der Waals surface area contributed by atoms with Crippen LogP contribution in [0.4, 0.5) is 19.3 Å². The lowest BCUT2D eigenvalue weighted by Crippen LogP contribution is -2.24. The Morgan fingerprint density at radius 2 is 1.80 bits per heavy atom. The molecule has 3 nitrogen and oxygen atoms in total. The van der Waals surface area contributed by atoms with Gasteiger partial charge in [-0.1, -0.05) is 30.3 Å². The molecule has 0 saturated heterocycles. The molecule has 2 amide bonds. The lowest BCUT2D eigenvalue weighted by atomic mass is 10.2. The fourth-order valence-electron chi connectivity index (χ4n) is 1.53. The second-order valence-corrected chi connectivity index (χ2v) is 3.97. The van der Waals surface area contributed by atoms with Gasteiger partial charge in [0.25, 0.3) is 0 Å². The highest BCUT2D eigenvalue weighted by molar-refractivity contribution is 5.90. The molecule has 2 N–H and O–H groups in total. The molecule has 0 aliphatic rings. The zero-order valence-corrected chi connectivity index (χ0v) is 10.4. The summed E-state index contributed by atoms with van der Waals surface area (Å²) in [5.74, 6) is -1.52. The van der Waals surface area contributed by atoms with Crippen LogP contribution in [0.3, 0.4) is 0 Å². The number of amides is 2. The minimum atomic E-state index is -0.827. The van der Waals surface area contributed by atoms with Crippen molar-refractivity contribution in [1.82, 2.24) is 5.32 Å². The van der Waals surface area contributed by atoms with Gasteiger partial charge in [-0.05, 0) is 23.8 Å². The van der Waals surface area contributed by atoms with Crippen molar-refractivity contribution < 1.29 is 13.6 Å². The minimum absolute atomic E-state index is 0.0861. The Balaban J connectivity index is 1.91. The maximum absolute atomic E-state index is 13.3. The van der Waals surface area contributed by atoms with E-state index in [1.165, 1.54) is 6.20 Å². The minimum Gasteiger partial charge on any atom is -0.314 e. The van der Waals surface area contributed by atoms with E-state index in [-0.39, 0.29) is 5.69 Å². The normalized spacial score (nSPS) is 10.5. The molecule has 0 aliphatic carbocycles. The van der Waals surface area contributed by atoms with E-state index in [1.807, 2.05) is 30.3 Å². The highest BCUT2D eigenvalue weighted by Crippen LogP contribution is 2.14. The summed E-state index contributed by atoms with van der Waals surface area (Å²) in [5, 5.41) is 4.71. The highest BCUT2D eigenvalue weighted by atomic mass is 19.1. The number of hydrogen-bond donors (Lipinski definition) is 2. The fourth-order valence-corrected chi connectivity index (χ4v) is 1.53. The zero-order chi connectivity index (χ0) is 14.4. The van der Waals surface area contributed by atoms with Gasteiger partial charge in [0.2, 0.25) is 0 Å². The van der Waals surface area contributed by atoms with Crippen molar-refractivity contribution in [3.63, 3.8) is 0 Å². The summed E-state index contributed by atoms with van der Waals surface area (Å²) in [5.41, 5.74) is 0.831. The molecule has 0 unspecified atom stereocenters. The van der Waals surface area contributed by atoms with Gasteiger partial charge in [0.05, 0.1) is 5.69 Å². The molecule has 0 atom stereocenters. The number of benzene rings is 2. The Morgan fingerprint density at radius 1 is 1.05 bits per heavy atom. The first kappa shape index (κ1) is 13.7. The Bertz CT molecular complexity index is 627. The van der Waals surface area contributed by atoms with Gasteiger partial charge in [0, 0.05) is 12.3 Å². The van der Waals surface area contributed by atoms with Gasteiger partial charge in [-0.15, -0.1) is 0 Å². The van der Waals surface area contributed by atoms with E-state index in [0.717, 1.165) is 17.7 Å². The summed E-state index contributed by atoms with van der Waals surface area (Å²) in [4.78, 5) is 11.5. The summed E-state index contributed by atoms with van der Waals surface area (Å²) in [6, 6.07) is 11.7. The van der Waals surface area contributed by atoms with Crippen LogP contribution in [0.25, 0.3) is 6.08 Å². The van der Waals surface area contributed by atoms with E-state index in [0.29, 0.717) is 6.07 Å². The molecule has 0 spiro atoms. The molecular formula is C15H12F2N2O. The number of urea groups is 1. The SMILES string of the molecule is O=C(N/C=C/c1ccccc1)Nc1ccc(F)cc1F. The average Bonchev–Trinajstić information content (AvgIpc) is 2.43. The van der Waals surface area contributed by atoms with Crippen LogP contribution in [0.15, 0.2) is 54.7 Å². The van der Waals surface area contributed by atoms with E-state index in [2.05, 4.69) is 10.6 Å². The Labute approximate surface area is 114 Å². The van der Waals surface area contributed by atoms with E-state index in [9.17, 15) is 13.6 Å². The molecule has 2 rings (SSSR count). The molecular weight excluding hydrogens is 262 g/mol. The zero-order valence-electron chi connectivity index (χ0n) is 10.4. The smallest absolute Gasteiger partial charge is 0.314 e. The molecule has 0 radical (unpaired) electrons. The second-order valence-electron chi connectivity index (χ2n) is 3.97. The molecule has 5 heteroatoms. The number of carbonyl (C=O) groups excluding carboxylic acids is 1. The first-order chi connectivity index (χ1) is 9.65. The highest BCUT2D eigenvalue weighted by Gasteiger charge is 2.06. The average molecular weight is 274 g/mol. The number of hydrogen-bond acceptors (Lipinski definition) is 1. The van der Waals surface area contributed by atoms with Crippen molar-refractivity contribution in [3.8, 4) is 0 Å². The van der Waals surface area contributed by atoms with Crippen LogP contribution in [0.2, 0.25) is 0 Å². The Kier molecular flexibility index (Phi) is 4.44. The predicted molar refractivity (Wildman–Crippen MR) is 74.0 cm³/mol. The van der Waals surface area contributed by atoms with Crippen LogP contribution in [0.1, 0.15) is 5.56 Å². The Morgan fingerprint density at radius 3 is 2.50 bits per heavy atom. The van der Waals surface area contributed by atoms with Crippen LogP contribution >= 0.6 is 0 Å². The molecule has 0 fully saturated rings. The van der Waals surface area contributed by atoms with E-state index < -0.39 is 17.7 Å². The van der Waals surface area contributed by atoms with Gasteiger partial charge < -0.3 is 10.6 Å². The molecule has 102 valence electrons. The first-order valence-corrected chi connectivity index (χ1v) is 5.89. The maximum Gasteiger partial charge on any atom is 0.323 e. The van der Waals surface area contributed by atoms with Gasteiger partial charge in [-0.3, -0.25) is 0 Å². The summed E-state index contributed by atoms with van der Waals surface area (Å²) >= 11 is 0. The van der Waals surface area contributed by atoms with Crippen LogP contribution in [-0.4, -0.2) is 6.03 Å². The lowest BCUT2D eigenvalue weighted by molar-refractivity contribution is 0.255. The maximum atomic E-state index is 13.3. The standard InChI is InChI=1S/C15H12F2N2O/c16-12-6-7-14(13(17)10-12)19-15(20)18-9-8-11-4-2-1-3-5-11/h1-10H,(H2,18,19,20)/b9-8+. The lowest BCUT2D eigenvalue weighted by Gasteiger charge is -2.05. The largest absolute Gasteiger partial charge is 0.323 e. The van der Waals surface area contributed by atoms with Crippen molar-refractivity contribution >= 4 is 17.8 Å². The van der Waals surface area contributed by atoms with Crippen LogP contribution < -0.4 is 10.6 Å². The third kappa shape index (κ3) is 3.91. The van der Waals surface area contributed by atoms with Crippen LogP contribution in [0, 0.1) is 11.6 Å². The fraction of sp³-hybridized carbons (Fsp3) is 0. The van der Waals surface area contributed by atoms with Gasteiger partial charge in [-0.2, -0.15) is 0 Å². The topological polar surface area (TPSA) is 41.1 Å². The quantitative estimate of drug-likeness (QED) is 0.879. The molecule has 0 aliphatic heterocycles. The number of anilines is 1. The number of rotatable bonds is 3. The molecule has 0 bridgehead atoms. The van der Waals surface area contributed by atoms with Crippen molar-refractivity contribution in [2.45, 2.75) is 0 Å². The molecule has 0 aromatic heterocycles. The molecule has 2 aromatic carbocycles. The van der Waals surface area contributed by atoms with Gasteiger partial charge >= 0.3 is 6.03 Å². The predicted octanol–water partition coefficient (Wildman–Crippen LogP) is 3.76. The summed E-state index contributed by atoms with van der Waals surface area (Å²) in [6.07, 6.45) is 3.13. The molecule has 0 heterocycles. The molecule has 20 heavy (non-hydrogen) atoms. The van der Waals surface area contributed by atoms with Crippen molar-refractivity contribution in [2.24, 2.45) is 0 Å². The first-order valence-electron chi connectivity index (χ1n) is 5.89. The van der Waals surface area contributed by atoms with Crippen molar-refractivity contribution in [3.05, 3.63) is 71.9 Å². The van der Waals surface area contributed by atoms with Gasteiger partial charge in [-0.25, -0.2) is 13.6 Å². The molecule has 2 aromatic rings. The Hall–Kier alpha value is -2.69. The second kappa shape index (κ2) is 6.47. The van der Waals surface area contributed by atoms with E-state index >= 15 is 0 Å². The van der Waals surface area contributed by atoms with Crippen molar-refractivity contribution in [1.29, 1.82) is 0 Å². The van der Waals surface area contributed by atoms with Gasteiger partial charge in [0.1, 0.15) is 11.6 Å². The summed E-state index contributed by atoms with van der Waals surface area (Å²) in [7, 11) is 0. The van der Waals surface area contributed by atoms with Gasteiger partial charge in [0.15, 0.2) is 0 Å².